The smallest absolute Gasteiger partial charge is 0.234 e. The van der Waals surface area contributed by atoms with E-state index in [1.54, 1.807) is 11.8 Å². The second kappa shape index (κ2) is 11.2. The number of rotatable bonds is 7. The van der Waals surface area contributed by atoms with Gasteiger partial charge in [0.05, 0.1) is 22.2 Å². The molecule has 2 saturated heterocycles. The lowest BCUT2D eigenvalue weighted by Gasteiger charge is -2.31. The molecule has 3 rings (SSSR count). The van der Waals surface area contributed by atoms with Crippen LogP contribution in [0.15, 0.2) is 18.2 Å². The van der Waals surface area contributed by atoms with E-state index in [4.69, 9.17) is 11.6 Å². The van der Waals surface area contributed by atoms with E-state index in [0.29, 0.717) is 5.75 Å². The first-order valence-corrected chi connectivity index (χ1v) is 11.9. The number of anilines is 2. The van der Waals surface area contributed by atoms with Gasteiger partial charge >= 0.3 is 0 Å². The third-order valence-corrected chi connectivity index (χ3v) is 6.66. The highest BCUT2D eigenvalue weighted by atomic mass is 35.5. The maximum absolute atomic E-state index is 12.5. The van der Waals surface area contributed by atoms with Gasteiger partial charge in [-0.05, 0) is 57.3 Å². The van der Waals surface area contributed by atoms with Crippen LogP contribution < -0.4 is 10.2 Å². The van der Waals surface area contributed by atoms with E-state index in [9.17, 15) is 4.79 Å². The van der Waals surface area contributed by atoms with Crippen molar-refractivity contribution in [3.63, 3.8) is 0 Å². The first kappa shape index (κ1) is 20.8. The summed E-state index contributed by atoms with van der Waals surface area (Å²) in [6.07, 6.45) is 9.01. The molecule has 2 heterocycles. The highest BCUT2D eigenvalue weighted by molar-refractivity contribution is 7.99. The Kier molecular flexibility index (Phi) is 8.62. The van der Waals surface area contributed by atoms with Crippen LogP contribution in [0, 0.1) is 0 Å². The number of carbonyl (C=O) groups is 1. The van der Waals surface area contributed by atoms with Gasteiger partial charge in [0.2, 0.25) is 5.91 Å². The lowest BCUT2D eigenvalue weighted by Crippen LogP contribution is -2.31. The van der Waals surface area contributed by atoms with Crippen LogP contribution in [-0.2, 0) is 4.79 Å². The van der Waals surface area contributed by atoms with Crippen LogP contribution in [-0.4, -0.2) is 55.0 Å². The number of hydrogen-bond donors (Lipinski definition) is 1. The number of benzene rings is 1. The molecule has 0 bridgehead atoms. The lowest BCUT2D eigenvalue weighted by atomic mass is 10.1. The highest BCUT2D eigenvalue weighted by Crippen LogP contribution is 2.35. The predicted molar refractivity (Wildman–Crippen MR) is 118 cm³/mol. The van der Waals surface area contributed by atoms with Gasteiger partial charge in [-0.25, -0.2) is 0 Å². The van der Waals surface area contributed by atoms with E-state index in [1.165, 1.54) is 58.0 Å². The third-order valence-electron chi connectivity index (χ3n) is 5.42. The van der Waals surface area contributed by atoms with Crippen LogP contribution in [0.2, 0.25) is 5.02 Å². The monoisotopic (exact) mass is 409 g/mol. The Morgan fingerprint density at radius 1 is 1.00 bits per heavy atom. The van der Waals surface area contributed by atoms with E-state index in [-0.39, 0.29) is 5.91 Å². The average molecular weight is 410 g/mol. The summed E-state index contributed by atoms with van der Waals surface area (Å²) in [7, 11) is 0. The van der Waals surface area contributed by atoms with Gasteiger partial charge in [0, 0.05) is 25.4 Å². The minimum atomic E-state index is 0.0661. The molecule has 2 aliphatic heterocycles. The summed E-state index contributed by atoms with van der Waals surface area (Å²) in [6.45, 7) is 5.55. The topological polar surface area (TPSA) is 35.6 Å². The summed E-state index contributed by atoms with van der Waals surface area (Å²) < 4.78 is 0. The summed E-state index contributed by atoms with van der Waals surface area (Å²) in [6, 6.07) is 5.80. The molecule has 27 heavy (non-hydrogen) atoms. The van der Waals surface area contributed by atoms with Gasteiger partial charge in [0.15, 0.2) is 0 Å². The fourth-order valence-electron chi connectivity index (χ4n) is 3.96. The number of nitrogens with one attached hydrogen (secondary N) is 1. The fraction of sp³-hybridized carbons (Fsp3) is 0.667. The van der Waals surface area contributed by atoms with Crippen molar-refractivity contribution in [3.05, 3.63) is 23.2 Å². The minimum absolute atomic E-state index is 0.0661. The van der Waals surface area contributed by atoms with Crippen molar-refractivity contribution < 1.29 is 4.79 Å². The Balaban J connectivity index is 1.46. The molecule has 0 atom stereocenters. The number of nitrogens with zero attached hydrogens (tertiary/aromatic N) is 2. The summed E-state index contributed by atoms with van der Waals surface area (Å²) >= 11 is 8.20. The molecule has 1 aromatic rings. The summed E-state index contributed by atoms with van der Waals surface area (Å²) in [5.41, 5.74) is 1.84. The molecule has 4 nitrogen and oxygen atoms in total. The molecule has 0 saturated carbocycles. The normalized spacial score (nSPS) is 18.9. The molecule has 0 radical (unpaired) electrons. The standard InChI is InChI=1S/C21H32ClN3OS/c22-18-9-8-10-19(21(18)25-13-6-3-7-14-25)23-20(26)17-27-16-15-24-11-4-1-2-5-12-24/h8-10H,1-7,11-17H2,(H,23,26). The van der Waals surface area contributed by atoms with Gasteiger partial charge in [0.1, 0.15) is 0 Å². The molecule has 1 aromatic carbocycles. The van der Waals surface area contributed by atoms with Gasteiger partial charge < -0.3 is 15.1 Å². The van der Waals surface area contributed by atoms with Gasteiger partial charge in [-0.3, -0.25) is 4.79 Å². The first-order valence-electron chi connectivity index (χ1n) is 10.4. The number of halogens is 1. The summed E-state index contributed by atoms with van der Waals surface area (Å²) in [5, 5.41) is 3.82. The molecule has 0 aliphatic carbocycles. The number of hydrogen-bond acceptors (Lipinski definition) is 4. The number of likely N-dealkylation sites (tertiary alicyclic amines) is 1. The molecular weight excluding hydrogens is 378 g/mol. The molecule has 150 valence electrons. The largest absolute Gasteiger partial charge is 0.369 e. The number of piperidine rings is 1. The Hall–Kier alpha value is -0.910. The van der Waals surface area contributed by atoms with Gasteiger partial charge in [-0.1, -0.05) is 30.5 Å². The van der Waals surface area contributed by atoms with Crippen LogP contribution in [0.1, 0.15) is 44.9 Å². The van der Waals surface area contributed by atoms with E-state index in [0.717, 1.165) is 41.8 Å². The van der Waals surface area contributed by atoms with Crippen molar-refractivity contribution in [1.82, 2.24) is 4.90 Å². The lowest BCUT2D eigenvalue weighted by molar-refractivity contribution is -0.113. The number of thioether (sulfide) groups is 1. The van der Waals surface area contributed by atoms with Gasteiger partial charge in [0.25, 0.3) is 0 Å². The van der Waals surface area contributed by atoms with E-state index in [2.05, 4.69) is 15.1 Å². The summed E-state index contributed by atoms with van der Waals surface area (Å²) in [5.74, 6) is 1.58. The van der Waals surface area contributed by atoms with E-state index < -0.39 is 0 Å². The SMILES string of the molecule is O=C(CSCCN1CCCCCC1)Nc1cccc(Cl)c1N1CCCCC1. The maximum atomic E-state index is 12.5. The predicted octanol–water partition coefficient (Wildman–Crippen LogP) is 4.88. The average Bonchev–Trinajstić information content (AvgIpc) is 2.95. The highest BCUT2D eigenvalue weighted by Gasteiger charge is 2.18. The van der Waals surface area contributed by atoms with Crippen LogP contribution in [0.5, 0.6) is 0 Å². The molecule has 2 aliphatic rings. The Bertz CT molecular complexity index is 599. The zero-order chi connectivity index (χ0) is 18.9. The molecule has 1 amide bonds. The van der Waals surface area contributed by atoms with Crippen LogP contribution in [0.4, 0.5) is 11.4 Å². The van der Waals surface area contributed by atoms with Gasteiger partial charge in [-0.15, -0.1) is 0 Å². The second-order valence-electron chi connectivity index (χ2n) is 7.54. The molecule has 0 aromatic heterocycles. The van der Waals surface area contributed by atoms with Crippen molar-refractivity contribution in [2.75, 3.05) is 54.4 Å². The van der Waals surface area contributed by atoms with Crippen LogP contribution >= 0.6 is 23.4 Å². The Labute approximate surface area is 173 Å². The van der Waals surface area contributed by atoms with Crippen LogP contribution in [0.25, 0.3) is 0 Å². The molecule has 2 fully saturated rings. The molecule has 1 N–H and O–H groups in total. The zero-order valence-electron chi connectivity index (χ0n) is 16.2. The van der Waals surface area contributed by atoms with Crippen molar-refractivity contribution >= 4 is 40.6 Å². The van der Waals surface area contributed by atoms with Crippen molar-refractivity contribution in [1.29, 1.82) is 0 Å². The maximum Gasteiger partial charge on any atom is 0.234 e. The Morgan fingerprint density at radius 2 is 1.67 bits per heavy atom. The molecule has 0 spiro atoms. The second-order valence-corrected chi connectivity index (χ2v) is 9.05. The third kappa shape index (κ3) is 6.58. The van der Waals surface area contributed by atoms with Gasteiger partial charge in [-0.2, -0.15) is 11.8 Å². The molecule has 0 unspecified atom stereocenters. The van der Waals surface area contributed by atoms with Crippen molar-refractivity contribution in [3.8, 4) is 0 Å². The van der Waals surface area contributed by atoms with Crippen molar-refractivity contribution in [2.24, 2.45) is 0 Å². The summed E-state index contributed by atoms with van der Waals surface area (Å²) in [4.78, 5) is 17.3. The number of amides is 1. The van der Waals surface area contributed by atoms with E-state index >= 15 is 0 Å². The molecular formula is C21H32ClN3OS. The Morgan fingerprint density at radius 3 is 2.41 bits per heavy atom. The number of para-hydroxylation sites is 1. The minimum Gasteiger partial charge on any atom is -0.369 e. The quantitative estimate of drug-likeness (QED) is 0.651. The zero-order valence-corrected chi connectivity index (χ0v) is 17.8. The fourth-order valence-corrected chi connectivity index (χ4v) is 5.04. The first-order chi connectivity index (χ1) is 13.2. The number of carbonyl (C=O) groups excluding carboxylic acids is 1. The van der Waals surface area contributed by atoms with Crippen molar-refractivity contribution in [2.45, 2.75) is 44.9 Å². The molecule has 6 heteroatoms. The van der Waals surface area contributed by atoms with E-state index in [1.807, 2.05) is 18.2 Å². The van der Waals surface area contributed by atoms with Crippen LogP contribution in [0.3, 0.4) is 0 Å².